The van der Waals surface area contributed by atoms with Gasteiger partial charge in [0.15, 0.2) is 0 Å². The topological polar surface area (TPSA) is 105 Å². The minimum Gasteiger partial charge on any atom is -0.311 e. The quantitative estimate of drug-likeness (QED) is 0.219. The molecule has 8 heteroatoms. The summed E-state index contributed by atoms with van der Waals surface area (Å²) in [5.74, 6) is 0.287. The molecule has 0 radical (unpaired) electrons. The molecule has 0 aliphatic rings. The van der Waals surface area contributed by atoms with E-state index in [1.54, 1.807) is 0 Å². The molecule has 0 saturated carbocycles. The predicted octanol–water partition coefficient (Wildman–Crippen LogP) is 5.73. The van der Waals surface area contributed by atoms with Crippen LogP contribution in [0.2, 0.25) is 0 Å². The number of benzene rings is 1. The first-order valence-corrected chi connectivity index (χ1v) is 14.0. The van der Waals surface area contributed by atoms with Crippen LogP contribution in [0.15, 0.2) is 18.2 Å². The van der Waals surface area contributed by atoms with Crippen molar-refractivity contribution < 1.29 is 13.2 Å². The third kappa shape index (κ3) is 9.63. The number of unbranched alkanes of at least 4 members (excludes halogenated alkanes) is 5. The molecule has 1 aromatic rings. The summed E-state index contributed by atoms with van der Waals surface area (Å²) < 4.78 is 30.0. The van der Waals surface area contributed by atoms with E-state index in [0.717, 1.165) is 61.8 Å². The lowest BCUT2D eigenvalue weighted by Gasteiger charge is -2.34. The maximum Gasteiger partial charge on any atom is 0.337 e. The zero-order valence-electron chi connectivity index (χ0n) is 21.5. The number of urea groups is 1. The maximum absolute atomic E-state index is 13.4. The first-order valence-electron chi connectivity index (χ1n) is 12.5. The smallest absolute Gasteiger partial charge is 0.311 e. The van der Waals surface area contributed by atoms with E-state index >= 15 is 0 Å². The van der Waals surface area contributed by atoms with E-state index in [2.05, 4.69) is 51.0 Å². The van der Waals surface area contributed by atoms with Gasteiger partial charge < -0.3 is 5.73 Å². The second kappa shape index (κ2) is 14.6. The monoisotopic (exact) mass is 482 g/mol. The molecule has 1 rings (SSSR count). The highest BCUT2D eigenvalue weighted by Crippen LogP contribution is 2.36. The van der Waals surface area contributed by atoms with Crippen LogP contribution in [0.1, 0.15) is 116 Å². The Kier molecular flexibility index (Phi) is 13.0. The van der Waals surface area contributed by atoms with E-state index < -0.39 is 22.4 Å². The lowest BCUT2D eigenvalue weighted by atomic mass is 9.91. The number of nitrogens with zero attached hydrogens (tertiary/aromatic N) is 1. The van der Waals surface area contributed by atoms with Gasteiger partial charge in [-0.05, 0) is 35.8 Å². The van der Waals surface area contributed by atoms with E-state index in [1.807, 2.05) is 18.2 Å². The number of anilines is 1. The molecule has 0 saturated heterocycles. The largest absolute Gasteiger partial charge is 0.337 e. The van der Waals surface area contributed by atoms with E-state index in [1.165, 1.54) is 4.90 Å². The molecular formula is C25H46N4O3S. The van der Waals surface area contributed by atoms with Gasteiger partial charge in [0.25, 0.3) is 0 Å². The molecule has 33 heavy (non-hydrogen) atoms. The van der Waals surface area contributed by atoms with Gasteiger partial charge >= 0.3 is 16.2 Å². The van der Waals surface area contributed by atoms with Gasteiger partial charge in [-0.25, -0.2) is 9.52 Å². The molecule has 0 aromatic heterocycles. The predicted molar refractivity (Wildman–Crippen MR) is 139 cm³/mol. The average molecular weight is 483 g/mol. The van der Waals surface area contributed by atoms with E-state index in [4.69, 9.17) is 5.73 Å². The van der Waals surface area contributed by atoms with Crippen molar-refractivity contribution in [3.05, 3.63) is 29.3 Å². The summed E-state index contributed by atoms with van der Waals surface area (Å²) in [5.41, 5.74) is 9.24. The zero-order chi connectivity index (χ0) is 25.0. The molecule has 7 nitrogen and oxygen atoms in total. The Morgan fingerprint density at radius 2 is 1.48 bits per heavy atom. The standard InChI is InChI=1S/C25H46N4O3S/c1-7-9-11-13-18-27-33(31,32)28-25(30)29(23(26)17-12-10-8-2)24-21(19(3)4)15-14-16-22(24)20(5)6/h14-16,19-20,23,27H,7-13,17-18,26H2,1-6H3,(H,28,30). The van der Waals surface area contributed by atoms with Crippen LogP contribution in [0.25, 0.3) is 0 Å². The van der Waals surface area contributed by atoms with Gasteiger partial charge in [-0.15, -0.1) is 0 Å². The highest BCUT2D eigenvalue weighted by molar-refractivity contribution is 7.88. The Hall–Kier alpha value is -1.64. The van der Waals surface area contributed by atoms with Crippen LogP contribution in [-0.2, 0) is 10.2 Å². The lowest BCUT2D eigenvalue weighted by molar-refractivity contribution is 0.248. The molecule has 1 unspecified atom stereocenters. The number of amides is 2. The van der Waals surface area contributed by atoms with Crippen molar-refractivity contribution in [3.63, 3.8) is 0 Å². The van der Waals surface area contributed by atoms with E-state index in [0.29, 0.717) is 13.0 Å². The minimum absolute atomic E-state index is 0.144. The molecule has 1 aromatic carbocycles. The molecule has 1 atom stereocenters. The molecule has 190 valence electrons. The number of hydrogen-bond acceptors (Lipinski definition) is 4. The number of para-hydroxylation sites is 1. The number of carbonyl (C=O) groups is 1. The van der Waals surface area contributed by atoms with Crippen molar-refractivity contribution in [2.45, 2.75) is 111 Å². The number of nitrogens with two attached hydrogens (primary N) is 1. The second-order valence-electron chi connectivity index (χ2n) is 9.39. The van der Waals surface area contributed by atoms with Gasteiger partial charge in [-0.3, -0.25) is 4.90 Å². The summed E-state index contributed by atoms with van der Waals surface area (Å²) in [6.45, 7) is 12.8. The highest BCUT2D eigenvalue weighted by Gasteiger charge is 2.30. The first-order chi connectivity index (χ1) is 15.6. The van der Waals surface area contributed by atoms with Crippen molar-refractivity contribution in [1.29, 1.82) is 0 Å². The van der Waals surface area contributed by atoms with Crippen LogP contribution < -0.4 is 20.1 Å². The van der Waals surface area contributed by atoms with Crippen molar-refractivity contribution in [1.82, 2.24) is 9.44 Å². The summed E-state index contributed by atoms with van der Waals surface area (Å²) in [7, 11) is -3.99. The molecule has 0 aliphatic carbocycles. The van der Waals surface area contributed by atoms with Crippen molar-refractivity contribution in [2.75, 3.05) is 11.4 Å². The van der Waals surface area contributed by atoms with Gasteiger partial charge in [0, 0.05) is 6.54 Å². The van der Waals surface area contributed by atoms with Gasteiger partial charge in [0.05, 0.1) is 11.9 Å². The number of carbonyl (C=O) groups excluding carboxylic acids is 1. The summed E-state index contributed by atoms with van der Waals surface area (Å²) >= 11 is 0. The third-order valence-electron chi connectivity index (χ3n) is 5.78. The van der Waals surface area contributed by atoms with Crippen LogP contribution in [0.5, 0.6) is 0 Å². The van der Waals surface area contributed by atoms with Crippen molar-refractivity contribution in [3.8, 4) is 0 Å². The van der Waals surface area contributed by atoms with Crippen LogP contribution in [-0.4, -0.2) is 27.2 Å². The zero-order valence-corrected chi connectivity index (χ0v) is 22.3. The molecule has 2 amide bonds. The highest BCUT2D eigenvalue weighted by atomic mass is 32.2. The normalized spacial score (nSPS) is 12.9. The fourth-order valence-corrected chi connectivity index (χ4v) is 4.71. The average Bonchev–Trinajstić information content (AvgIpc) is 2.73. The Labute approximate surface area is 202 Å². The van der Waals surface area contributed by atoms with Crippen molar-refractivity contribution >= 4 is 21.9 Å². The summed E-state index contributed by atoms with van der Waals surface area (Å²) in [6.07, 6.45) is 6.67. The molecule has 4 N–H and O–H groups in total. The van der Waals surface area contributed by atoms with Gasteiger partial charge in [-0.1, -0.05) is 98.3 Å². The van der Waals surface area contributed by atoms with Crippen molar-refractivity contribution in [2.24, 2.45) is 5.73 Å². The molecular weight excluding hydrogens is 436 g/mol. The van der Waals surface area contributed by atoms with Crippen LogP contribution in [0.4, 0.5) is 10.5 Å². The Morgan fingerprint density at radius 3 is 2.00 bits per heavy atom. The van der Waals surface area contributed by atoms with Crippen LogP contribution in [0, 0.1) is 0 Å². The van der Waals surface area contributed by atoms with Gasteiger partial charge in [-0.2, -0.15) is 13.1 Å². The third-order valence-corrected chi connectivity index (χ3v) is 6.81. The number of nitrogens with one attached hydrogen (secondary N) is 2. The Balaban J connectivity index is 3.28. The lowest BCUT2D eigenvalue weighted by Crippen LogP contribution is -2.54. The SMILES string of the molecule is CCCCCCNS(=O)(=O)NC(=O)N(c1c(C(C)C)cccc1C(C)C)C(N)CCCCC. The molecule has 0 heterocycles. The van der Waals surface area contributed by atoms with Crippen LogP contribution >= 0.6 is 0 Å². The number of hydrogen-bond donors (Lipinski definition) is 3. The fraction of sp³-hybridized carbons (Fsp3) is 0.720. The molecule has 0 spiro atoms. The van der Waals surface area contributed by atoms with Gasteiger partial charge in [0.1, 0.15) is 0 Å². The van der Waals surface area contributed by atoms with Crippen LogP contribution in [0.3, 0.4) is 0 Å². The maximum atomic E-state index is 13.4. The fourth-order valence-electron chi connectivity index (χ4n) is 3.90. The molecule has 0 aliphatic heterocycles. The second-order valence-corrected chi connectivity index (χ2v) is 10.9. The molecule has 0 bridgehead atoms. The summed E-state index contributed by atoms with van der Waals surface area (Å²) in [6, 6.07) is 5.26. The summed E-state index contributed by atoms with van der Waals surface area (Å²) in [5, 5.41) is 0. The van der Waals surface area contributed by atoms with E-state index in [9.17, 15) is 13.2 Å². The minimum atomic E-state index is -3.99. The first kappa shape index (κ1) is 29.4. The molecule has 0 fully saturated rings. The van der Waals surface area contributed by atoms with E-state index in [-0.39, 0.29) is 11.8 Å². The summed E-state index contributed by atoms with van der Waals surface area (Å²) in [4.78, 5) is 14.9. The Morgan fingerprint density at radius 1 is 0.939 bits per heavy atom. The number of rotatable bonds is 15. The Bertz CT molecular complexity index is 799. The van der Waals surface area contributed by atoms with Gasteiger partial charge in [0.2, 0.25) is 0 Å².